The van der Waals surface area contributed by atoms with Crippen molar-refractivity contribution in [2.75, 3.05) is 13.2 Å². The lowest BCUT2D eigenvalue weighted by Gasteiger charge is -2.23. The zero-order valence-corrected chi connectivity index (χ0v) is 13.9. The molecule has 1 aromatic heterocycles. The first kappa shape index (κ1) is 15.6. The minimum Gasteiger partial charge on any atom is -0.391 e. The van der Waals surface area contributed by atoms with E-state index in [1.807, 2.05) is 4.98 Å². The molecule has 25 heavy (non-hydrogen) atoms. The lowest BCUT2D eigenvalue weighted by molar-refractivity contribution is -0.191. The topological polar surface area (TPSA) is 140 Å². The van der Waals surface area contributed by atoms with Gasteiger partial charge in [0.05, 0.1) is 22.9 Å². The number of alkyl halides is 1. The van der Waals surface area contributed by atoms with E-state index >= 15 is 4.39 Å². The molecule has 0 aromatic carbocycles. The first-order chi connectivity index (χ1) is 12.8. The van der Waals surface area contributed by atoms with E-state index in [1.54, 1.807) is 13.8 Å². The molecular formula is C15H24FN3O6. The summed E-state index contributed by atoms with van der Waals surface area (Å²) in [6, 6.07) is -0.598. The van der Waals surface area contributed by atoms with Crippen LogP contribution in [0, 0.1) is 5.92 Å². The van der Waals surface area contributed by atoms with Gasteiger partial charge in [-0.15, -0.1) is 0 Å². The van der Waals surface area contributed by atoms with E-state index in [-0.39, 0.29) is 18.1 Å². The highest BCUT2D eigenvalue weighted by molar-refractivity contribution is 5.04. The summed E-state index contributed by atoms with van der Waals surface area (Å²) in [5, 5.41) is 19.4. The first-order valence-corrected chi connectivity index (χ1v) is 7.70. The van der Waals surface area contributed by atoms with Gasteiger partial charge in [-0.05, 0) is 5.92 Å². The van der Waals surface area contributed by atoms with Crippen LogP contribution in [-0.2, 0) is 16.1 Å². The SMILES string of the molecule is [2H]C([2H])(OC[C@@H](N)C(C)C)[C@]1(F)C[C@@H](O)[C@]([2H])(n2cc(CO)c(=O)[nH]c2=O)O1. The van der Waals surface area contributed by atoms with E-state index in [0.717, 1.165) is 6.20 Å². The largest absolute Gasteiger partial charge is 0.391 e. The third-order valence-electron chi connectivity index (χ3n) is 3.79. The number of aliphatic hydroxyl groups excluding tert-OH is 2. The van der Waals surface area contributed by atoms with Gasteiger partial charge in [-0.2, -0.15) is 0 Å². The van der Waals surface area contributed by atoms with E-state index in [4.69, 9.17) is 24.4 Å². The average molecular weight is 364 g/mol. The molecule has 9 nitrogen and oxygen atoms in total. The summed E-state index contributed by atoms with van der Waals surface area (Å²) >= 11 is 0. The standard InChI is InChI=1S/C15H24FN3O6/c1-8(2)10(17)6-24-7-15(16)3-11(21)13(25-15)19-4-9(5-20)12(22)18-14(19)23/h4,8,10-11,13,20-21H,3,5-7,17H2,1-2H3,(H,18,22,23)/t10-,11-,13-,15+/m1/s1/i7D2,13D. The normalized spacial score (nSPS) is 33.1. The van der Waals surface area contributed by atoms with Gasteiger partial charge in [0.15, 0.2) is 6.20 Å². The minimum atomic E-state index is -3.29. The molecule has 0 radical (unpaired) electrons. The van der Waals surface area contributed by atoms with E-state index in [2.05, 4.69) is 0 Å². The number of nitrogens with two attached hydrogens (primary N) is 1. The number of hydrogen-bond acceptors (Lipinski definition) is 7. The van der Waals surface area contributed by atoms with Crippen LogP contribution >= 0.6 is 0 Å². The van der Waals surface area contributed by atoms with Crippen molar-refractivity contribution >= 4 is 0 Å². The van der Waals surface area contributed by atoms with Crippen molar-refractivity contribution in [3.8, 4) is 0 Å². The second kappa shape index (κ2) is 7.75. The van der Waals surface area contributed by atoms with Crippen molar-refractivity contribution in [2.45, 2.75) is 51.1 Å². The van der Waals surface area contributed by atoms with Gasteiger partial charge in [-0.25, -0.2) is 9.18 Å². The fourth-order valence-electron chi connectivity index (χ4n) is 2.11. The number of halogens is 1. The molecule has 0 amide bonds. The fourth-order valence-corrected chi connectivity index (χ4v) is 2.11. The number of hydrogen-bond donors (Lipinski definition) is 4. The molecule has 10 heteroatoms. The maximum Gasteiger partial charge on any atom is 0.330 e. The van der Waals surface area contributed by atoms with Crippen molar-refractivity contribution in [1.82, 2.24) is 9.55 Å². The first-order valence-electron chi connectivity index (χ1n) is 9.20. The third kappa shape index (κ3) is 4.53. The van der Waals surface area contributed by atoms with E-state index in [0.29, 0.717) is 4.57 Å². The number of rotatable bonds is 7. The molecule has 5 N–H and O–H groups in total. The Balaban J connectivity index is 2.36. The van der Waals surface area contributed by atoms with Crippen LogP contribution in [0.4, 0.5) is 4.39 Å². The van der Waals surface area contributed by atoms with Gasteiger partial charge in [0.25, 0.3) is 5.56 Å². The number of H-pyrrole nitrogens is 1. The lowest BCUT2D eigenvalue weighted by atomic mass is 10.1. The molecule has 1 aromatic rings. The van der Waals surface area contributed by atoms with Crippen LogP contribution in [0.25, 0.3) is 0 Å². The molecule has 2 heterocycles. The number of ether oxygens (including phenoxy) is 2. The summed E-state index contributed by atoms with van der Waals surface area (Å²) in [4.78, 5) is 25.4. The van der Waals surface area contributed by atoms with Crippen LogP contribution in [0.15, 0.2) is 15.8 Å². The third-order valence-corrected chi connectivity index (χ3v) is 3.79. The maximum absolute atomic E-state index is 15.3. The molecule has 1 saturated heterocycles. The minimum absolute atomic E-state index is 0.0756. The van der Waals surface area contributed by atoms with E-state index in [9.17, 15) is 14.7 Å². The maximum atomic E-state index is 15.3. The lowest BCUT2D eigenvalue weighted by Crippen LogP contribution is -2.38. The molecule has 0 saturated carbocycles. The molecular weight excluding hydrogens is 337 g/mol. The van der Waals surface area contributed by atoms with E-state index in [1.165, 1.54) is 0 Å². The van der Waals surface area contributed by atoms with Crippen LogP contribution in [0.1, 0.15) is 36.1 Å². The summed E-state index contributed by atoms with van der Waals surface area (Å²) < 4.78 is 49.4. The van der Waals surface area contributed by atoms with Crippen molar-refractivity contribution in [2.24, 2.45) is 11.7 Å². The predicted octanol–water partition coefficient (Wildman–Crippen LogP) is -1.03. The van der Waals surface area contributed by atoms with Gasteiger partial charge in [-0.3, -0.25) is 14.3 Å². The van der Waals surface area contributed by atoms with E-state index < -0.39 is 55.0 Å². The smallest absolute Gasteiger partial charge is 0.330 e. The Kier molecular flexibility index (Phi) is 4.85. The van der Waals surface area contributed by atoms with Gasteiger partial charge in [0, 0.05) is 18.7 Å². The summed E-state index contributed by atoms with van der Waals surface area (Å²) in [5.41, 5.74) is 3.30. The second-order valence-corrected chi connectivity index (χ2v) is 6.15. The Hall–Kier alpha value is -1.59. The van der Waals surface area contributed by atoms with Crippen LogP contribution in [0.3, 0.4) is 0 Å². The molecule has 0 spiro atoms. The predicted molar refractivity (Wildman–Crippen MR) is 85.5 cm³/mol. The molecule has 1 aliphatic rings. The fraction of sp³-hybridized carbons (Fsp3) is 0.733. The molecule has 0 bridgehead atoms. The molecule has 2 rings (SSSR count). The highest BCUT2D eigenvalue weighted by Crippen LogP contribution is 2.37. The molecule has 1 aliphatic heterocycles. The van der Waals surface area contributed by atoms with Crippen LogP contribution in [0.5, 0.6) is 0 Å². The highest BCUT2D eigenvalue weighted by Gasteiger charge is 2.48. The molecule has 142 valence electrons. The van der Waals surface area contributed by atoms with Crippen LogP contribution < -0.4 is 17.0 Å². The summed E-state index contributed by atoms with van der Waals surface area (Å²) in [5.74, 6) is -3.37. The molecule has 1 fully saturated rings. The summed E-state index contributed by atoms with van der Waals surface area (Å²) in [6.07, 6.45) is -5.09. The van der Waals surface area contributed by atoms with Gasteiger partial charge in [0.2, 0.25) is 5.85 Å². The van der Waals surface area contributed by atoms with Gasteiger partial charge < -0.3 is 25.4 Å². The number of aliphatic hydroxyl groups is 2. The molecule has 0 unspecified atom stereocenters. The molecule has 0 aliphatic carbocycles. The van der Waals surface area contributed by atoms with Crippen molar-refractivity contribution < 1.29 is 28.2 Å². The highest BCUT2D eigenvalue weighted by atomic mass is 19.2. The summed E-state index contributed by atoms with van der Waals surface area (Å²) in [6.45, 7) is -0.718. The Bertz CT molecular complexity index is 834. The quantitative estimate of drug-likeness (QED) is 0.485. The summed E-state index contributed by atoms with van der Waals surface area (Å²) in [7, 11) is 0. The Morgan fingerprint density at radius 2 is 2.36 bits per heavy atom. The van der Waals surface area contributed by atoms with Crippen molar-refractivity contribution in [1.29, 1.82) is 0 Å². The Morgan fingerprint density at radius 1 is 1.68 bits per heavy atom. The van der Waals surface area contributed by atoms with Gasteiger partial charge in [0.1, 0.15) is 12.7 Å². The Morgan fingerprint density at radius 3 is 2.96 bits per heavy atom. The average Bonchev–Trinajstić information content (AvgIpc) is 2.83. The number of aromatic nitrogens is 2. The van der Waals surface area contributed by atoms with Crippen LogP contribution in [-0.4, -0.2) is 50.9 Å². The van der Waals surface area contributed by atoms with Crippen molar-refractivity contribution in [3.05, 3.63) is 32.6 Å². The zero-order chi connectivity index (χ0) is 21.5. The van der Waals surface area contributed by atoms with Crippen molar-refractivity contribution in [3.63, 3.8) is 0 Å². The zero-order valence-electron chi connectivity index (χ0n) is 16.9. The van der Waals surface area contributed by atoms with Gasteiger partial charge in [-0.1, -0.05) is 13.8 Å². The Labute approximate surface area is 147 Å². The molecule has 4 atom stereocenters. The van der Waals surface area contributed by atoms with Gasteiger partial charge >= 0.3 is 5.69 Å². The number of aromatic amines is 1. The monoisotopic (exact) mass is 364 g/mol. The second-order valence-electron chi connectivity index (χ2n) is 6.15. The number of nitrogens with one attached hydrogen (secondary N) is 1. The number of nitrogens with zero attached hydrogens (tertiary/aromatic N) is 1. The van der Waals surface area contributed by atoms with Crippen LogP contribution in [0.2, 0.25) is 0 Å².